The van der Waals surface area contributed by atoms with Gasteiger partial charge in [0.2, 0.25) is 0 Å². The molecule has 0 atom stereocenters. The first-order valence-corrected chi connectivity index (χ1v) is 5.62. The minimum absolute atomic E-state index is 0.323. The van der Waals surface area contributed by atoms with Gasteiger partial charge in [-0.3, -0.25) is 0 Å². The van der Waals surface area contributed by atoms with Crippen molar-refractivity contribution in [2.45, 2.75) is 6.92 Å². The molecule has 0 aliphatic heterocycles. The zero-order valence-corrected chi connectivity index (χ0v) is 11.1. The third-order valence-electron chi connectivity index (χ3n) is 2.70. The molecule has 0 amide bonds. The van der Waals surface area contributed by atoms with E-state index in [2.05, 4.69) is 5.10 Å². The molecule has 0 aliphatic carbocycles. The second-order valence-electron chi connectivity index (χ2n) is 4.30. The fraction of sp³-hybridized carbons (Fsp3) is 0.250. The molecule has 0 unspecified atom stereocenters. The van der Waals surface area contributed by atoms with Gasteiger partial charge in [0.15, 0.2) is 11.6 Å². The Morgan fingerprint density at radius 1 is 1.30 bits per heavy atom. The molecular weight excluding hydrogens is 268 g/mol. The van der Waals surface area contributed by atoms with E-state index in [1.54, 1.807) is 21.0 Å². The Bertz CT molecular complexity index is 769. The highest BCUT2D eigenvalue weighted by atomic mass is 19.1. The Kier molecular flexibility index (Phi) is 3.28. The summed E-state index contributed by atoms with van der Waals surface area (Å²) in [5, 5.41) is 14.0. The number of nitrogens with zero attached hydrogens (tertiary/aromatic N) is 5. The lowest BCUT2D eigenvalue weighted by atomic mass is 10.2. The average molecular weight is 279 g/mol. The van der Waals surface area contributed by atoms with E-state index in [1.165, 1.54) is 15.8 Å². The molecule has 0 N–H and O–H groups in total. The van der Waals surface area contributed by atoms with Crippen LogP contribution >= 0.6 is 0 Å². The predicted molar refractivity (Wildman–Crippen MR) is 67.3 cm³/mol. The van der Waals surface area contributed by atoms with E-state index in [4.69, 9.17) is 5.26 Å². The molecule has 2 aromatic rings. The first-order valence-electron chi connectivity index (χ1n) is 5.62. The summed E-state index contributed by atoms with van der Waals surface area (Å²) in [7, 11) is 3.24. The summed E-state index contributed by atoms with van der Waals surface area (Å²) >= 11 is 0. The van der Waals surface area contributed by atoms with Crippen LogP contribution in [0.25, 0.3) is 5.69 Å². The van der Waals surface area contributed by atoms with Crippen molar-refractivity contribution >= 4 is 0 Å². The molecule has 2 rings (SSSR count). The number of aryl methyl sites for hydroxylation is 1. The van der Waals surface area contributed by atoms with Gasteiger partial charge in [0, 0.05) is 20.2 Å². The van der Waals surface area contributed by atoms with Gasteiger partial charge in [0.05, 0.1) is 5.56 Å². The summed E-state index contributed by atoms with van der Waals surface area (Å²) in [6.07, 6.45) is 0. The van der Waals surface area contributed by atoms with Crippen molar-refractivity contribution < 1.29 is 8.78 Å². The molecule has 0 saturated heterocycles. The molecule has 0 fully saturated rings. The van der Waals surface area contributed by atoms with Crippen LogP contribution < -0.4 is 10.7 Å². The average Bonchev–Trinajstić information content (AvgIpc) is 2.67. The van der Waals surface area contributed by atoms with Crippen LogP contribution in [-0.4, -0.2) is 28.6 Å². The van der Waals surface area contributed by atoms with E-state index in [0.29, 0.717) is 5.82 Å². The van der Waals surface area contributed by atoms with Gasteiger partial charge in [-0.1, -0.05) is 0 Å². The summed E-state index contributed by atoms with van der Waals surface area (Å²) in [4.78, 5) is 12.1. The van der Waals surface area contributed by atoms with Gasteiger partial charge in [0.25, 0.3) is 0 Å². The van der Waals surface area contributed by atoms with E-state index in [9.17, 15) is 13.6 Å². The highest BCUT2D eigenvalue weighted by Gasteiger charge is 2.18. The number of benzene rings is 1. The molecule has 1 heterocycles. The summed E-state index contributed by atoms with van der Waals surface area (Å²) in [5.41, 5.74) is -1.39. The maximum Gasteiger partial charge on any atom is 0.369 e. The molecule has 0 saturated carbocycles. The molecule has 1 aromatic carbocycles. The van der Waals surface area contributed by atoms with Crippen LogP contribution in [0.5, 0.6) is 0 Å². The van der Waals surface area contributed by atoms with Crippen molar-refractivity contribution in [3.63, 3.8) is 0 Å². The number of nitriles is 1. The number of hydrogen-bond donors (Lipinski definition) is 0. The molecule has 0 aliphatic rings. The van der Waals surface area contributed by atoms with E-state index < -0.39 is 22.9 Å². The Labute approximate surface area is 113 Å². The molecule has 1 aromatic heterocycles. The van der Waals surface area contributed by atoms with E-state index in [1.807, 2.05) is 0 Å². The smallest absolute Gasteiger partial charge is 0.313 e. The lowest BCUT2D eigenvalue weighted by Crippen LogP contribution is -2.37. The maximum absolute atomic E-state index is 13.9. The van der Waals surface area contributed by atoms with Crippen molar-refractivity contribution in [3.8, 4) is 11.8 Å². The van der Waals surface area contributed by atoms with Gasteiger partial charge in [-0.15, -0.1) is 5.10 Å². The first kappa shape index (κ1) is 13.7. The molecule has 104 valence electrons. The van der Waals surface area contributed by atoms with Gasteiger partial charge >= 0.3 is 5.69 Å². The highest BCUT2D eigenvalue weighted by molar-refractivity contribution is 5.41. The molecule has 6 nitrogen and oxygen atoms in total. The lowest BCUT2D eigenvalue weighted by molar-refractivity contribution is 0.579. The first-order chi connectivity index (χ1) is 9.36. The quantitative estimate of drug-likeness (QED) is 0.811. The zero-order valence-electron chi connectivity index (χ0n) is 11.1. The second-order valence-corrected chi connectivity index (χ2v) is 4.30. The van der Waals surface area contributed by atoms with Crippen molar-refractivity contribution in [3.05, 3.63) is 45.6 Å². The Morgan fingerprint density at radius 2 is 1.95 bits per heavy atom. The number of hydrogen-bond acceptors (Lipinski definition) is 4. The SMILES string of the molecule is Cc1nn(-c2cc(F)c(C#N)cc2F)c(=O)n1N(C)C. The summed E-state index contributed by atoms with van der Waals surface area (Å²) in [5.74, 6) is -1.48. The molecule has 0 spiro atoms. The van der Waals surface area contributed by atoms with E-state index in [-0.39, 0.29) is 5.69 Å². The van der Waals surface area contributed by atoms with Gasteiger partial charge < -0.3 is 5.01 Å². The van der Waals surface area contributed by atoms with Crippen LogP contribution in [0.15, 0.2) is 16.9 Å². The summed E-state index contributed by atoms with van der Waals surface area (Å²) < 4.78 is 29.4. The van der Waals surface area contributed by atoms with Crippen molar-refractivity contribution in [1.29, 1.82) is 5.26 Å². The van der Waals surface area contributed by atoms with Gasteiger partial charge in [-0.2, -0.15) is 14.6 Å². The van der Waals surface area contributed by atoms with Crippen molar-refractivity contribution in [2.75, 3.05) is 19.1 Å². The lowest BCUT2D eigenvalue weighted by Gasteiger charge is -2.12. The third kappa shape index (κ3) is 2.03. The standard InChI is InChI=1S/C12H11F2N5O/c1-7-16-18(12(20)19(7)17(2)3)11-5-9(13)8(6-15)4-10(11)14/h4-5H,1-3H3. The summed E-state index contributed by atoms with van der Waals surface area (Å²) in [6, 6.07) is 3.04. The number of rotatable bonds is 2. The van der Waals surface area contributed by atoms with Crippen molar-refractivity contribution in [1.82, 2.24) is 14.5 Å². The largest absolute Gasteiger partial charge is 0.369 e. The van der Waals surface area contributed by atoms with Gasteiger partial charge in [0.1, 0.15) is 17.6 Å². The normalized spacial score (nSPS) is 10.4. The molecule has 8 heteroatoms. The minimum Gasteiger partial charge on any atom is -0.313 e. The van der Waals surface area contributed by atoms with E-state index >= 15 is 0 Å². The number of halogens is 2. The fourth-order valence-electron chi connectivity index (χ4n) is 1.86. The highest BCUT2D eigenvalue weighted by Crippen LogP contribution is 2.16. The number of aromatic nitrogens is 3. The monoisotopic (exact) mass is 279 g/mol. The second kappa shape index (κ2) is 4.77. The van der Waals surface area contributed by atoms with Crippen LogP contribution in [0, 0.1) is 29.9 Å². The Balaban J connectivity index is 2.71. The van der Waals surface area contributed by atoms with Crippen molar-refractivity contribution in [2.24, 2.45) is 0 Å². The zero-order chi connectivity index (χ0) is 15.0. The van der Waals surface area contributed by atoms with Gasteiger partial charge in [-0.25, -0.2) is 13.6 Å². The van der Waals surface area contributed by atoms with Crippen LogP contribution in [0.2, 0.25) is 0 Å². The van der Waals surface area contributed by atoms with Gasteiger partial charge in [-0.05, 0) is 13.0 Å². The Hall–Kier alpha value is -2.69. The molecule has 0 bridgehead atoms. The molecule has 0 radical (unpaired) electrons. The molecule has 20 heavy (non-hydrogen) atoms. The maximum atomic E-state index is 13.9. The van der Waals surface area contributed by atoms with Crippen LogP contribution in [0.4, 0.5) is 8.78 Å². The topological polar surface area (TPSA) is 66.8 Å². The molecular formula is C12H11F2N5O. The minimum atomic E-state index is -0.909. The van der Waals surface area contributed by atoms with E-state index in [0.717, 1.165) is 16.8 Å². The third-order valence-corrected chi connectivity index (χ3v) is 2.70. The van der Waals surface area contributed by atoms with Crippen LogP contribution in [0.1, 0.15) is 11.4 Å². The predicted octanol–water partition coefficient (Wildman–Crippen LogP) is 0.690. The van der Waals surface area contributed by atoms with Crippen LogP contribution in [0.3, 0.4) is 0 Å². The van der Waals surface area contributed by atoms with Crippen LogP contribution in [-0.2, 0) is 0 Å². The fourth-order valence-corrected chi connectivity index (χ4v) is 1.86. The summed E-state index contributed by atoms with van der Waals surface area (Å²) in [6.45, 7) is 1.57. The Morgan fingerprint density at radius 3 is 2.45 bits per heavy atom.